The van der Waals surface area contributed by atoms with E-state index in [0.29, 0.717) is 13.2 Å². The normalized spacial score (nSPS) is 11.3. The Morgan fingerprint density at radius 3 is 2.67 bits per heavy atom. The lowest BCUT2D eigenvalue weighted by molar-refractivity contribution is 0.299. The second-order valence-corrected chi connectivity index (χ2v) is 4.11. The van der Waals surface area contributed by atoms with Crippen molar-refractivity contribution in [1.29, 1.82) is 0 Å². The molecule has 0 saturated heterocycles. The molecule has 0 aliphatic heterocycles. The first-order chi connectivity index (χ1) is 8.67. The first-order valence-corrected chi connectivity index (χ1v) is 6.21. The van der Waals surface area contributed by atoms with Crippen LogP contribution in [0.15, 0.2) is 18.2 Å². The van der Waals surface area contributed by atoms with Gasteiger partial charge in [-0.05, 0) is 44.9 Å². The summed E-state index contributed by atoms with van der Waals surface area (Å²) in [5, 5.41) is 0. The van der Waals surface area contributed by atoms with Crippen LogP contribution in [0, 0.1) is 11.8 Å². The standard InChI is InChI=1S/C15H21NO2/c1-4-6-9-18-14-8-7-13(10-12(3)16)11-15(14)17-5-2/h7-8,11-12H,5,9-10,16H2,1-3H3. The van der Waals surface area contributed by atoms with Crippen molar-refractivity contribution in [3.63, 3.8) is 0 Å². The van der Waals surface area contributed by atoms with E-state index in [2.05, 4.69) is 11.8 Å². The molecule has 0 aromatic heterocycles. The van der Waals surface area contributed by atoms with Crippen molar-refractivity contribution in [1.82, 2.24) is 0 Å². The molecule has 0 bridgehead atoms. The highest BCUT2D eigenvalue weighted by Gasteiger charge is 2.07. The van der Waals surface area contributed by atoms with E-state index in [-0.39, 0.29) is 6.04 Å². The molecule has 0 heterocycles. The lowest BCUT2D eigenvalue weighted by Crippen LogP contribution is -2.17. The van der Waals surface area contributed by atoms with Crippen LogP contribution in [0.2, 0.25) is 0 Å². The van der Waals surface area contributed by atoms with Crippen molar-refractivity contribution in [2.24, 2.45) is 5.73 Å². The van der Waals surface area contributed by atoms with Crippen molar-refractivity contribution in [3.05, 3.63) is 23.8 Å². The Labute approximate surface area is 109 Å². The molecule has 3 nitrogen and oxygen atoms in total. The van der Waals surface area contributed by atoms with Crippen molar-refractivity contribution in [3.8, 4) is 23.3 Å². The molecule has 3 heteroatoms. The van der Waals surface area contributed by atoms with Crippen molar-refractivity contribution >= 4 is 0 Å². The highest BCUT2D eigenvalue weighted by Crippen LogP contribution is 2.28. The molecule has 0 saturated carbocycles. The zero-order valence-corrected chi connectivity index (χ0v) is 11.3. The van der Waals surface area contributed by atoms with Crippen molar-refractivity contribution in [2.75, 3.05) is 13.2 Å². The minimum atomic E-state index is 0.136. The van der Waals surface area contributed by atoms with Gasteiger partial charge in [-0.1, -0.05) is 12.0 Å². The lowest BCUT2D eigenvalue weighted by Gasteiger charge is -2.13. The zero-order valence-electron chi connectivity index (χ0n) is 11.3. The molecule has 18 heavy (non-hydrogen) atoms. The Morgan fingerprint density at radius 2 is 2.06 bits per heavy atom. The number of nitrogens with two attached hydrogens (primary N) is 1. The largest absolute Gasteiger partial charge is 0.490 e. The molecule has 0 fully saturated rings. The highest BCUT2D eigenvalue weighted by atomic mass is 16.5. The molecule has 0 radical (unpaired) electrons. The molecule has 98 valence electrons. The summed E-state index contributed by atoms with van der Waals surface area (Å²) in [5.74, 6) is 7.15. The number of benzene rings is 1. The van der Waals surface area contributed by atoms with Crippen molar-refractivity contribution in [2.45, 2.75) is 33.2 Å². The minimum absolute atomic E-state index is 0.136. The second kappa shape index (κ2) is 7.62. The third-order valence-electron chi connectivity index (χ3n) is 2.34. The fraction of sp³-hybridized carbons (Fsp3) is 0.467. The molecule has 1 unspecified atom stereocenters. The highest BCUT2D eigenvalue weighted by molar-refractivity contribution is 5.43. The summed E-state index contributed by atoms with van der Waals surface area (Å²) in [6, 6.07) is 6.06. The number of hydrogen-bond acceptors (Lipinski definition) is 3. The van der Waals surface area contributed by atoms with Gasteiger partial charge < -0.3 is 15.2 Å². The van der Waals surface area contributed by atoms with E-state index in [1.807, 2.05) is 32.0 Å². The molecule has 0 spiro atoms. The Kier molecular flexibility index (Phi) is 6.10. The summed E-state index contributed by atoms with van der Waals surface area (Å²) < 4.78 is 11.1. The summed E-state index contributed by atoms with van der Waals surface area (Å²) >= 11 is 0. The van der Waals surface area contributed by atoms with Crippen LogP contribution >= 0.6 is 0 Å². The van der Waals surface area contributed by atoms with Gasteiger partial charge in [-0.15, -0.1) is 5.92 Å². The SMILES string of the molecule is CC#CCOc1ccc(CC(C)N)cc1OCC. The van der Waals surface area contributed by atoms with E-state index in [4.69, 9.17) is 15.2 Å². The summed E-state index contributed by atoms with van der Waals surface area (Å²) in [4.78, 5) is 0. The van der Waals surface area contributed by atoms with Gasteiger partial charge in [0.1, 0.15) is 6.61 Å². The van der Waals surface area contributed by atoms with Crippen LogP contribution in [-0.4, -0.2) is 19.3 Å². The van der Waals surface area contributed by atoms with Gasteiger partial charge in [0.2, 0.25) is 0 Å². The first kappa shape index (κ1) is 14.4. The predicted molar refractivity (Wildman–Crippen MR) is 73.9 cm³/mol. The van der Waals surface area contributed by atoms with Gasteiger partial charge in [0.05, 0.1) is 6.61 Å². The van der Waals surface area contributed by atoms with Gasteiger partial charge in [0.15, 0.2) is 11.5 Å². The number of hydrogen-bond donors (Lipinski definition) is 1. The molecular weight excluding hydrogens is 226 g/mol. The number of rotatable bonds is 6. The predicted octanol–water partition coefficient (Wildman–Crippen LogP) is 2.38. The zero-order chi connectivity index (χ0) is 13.4. The Bertz CT molecular complexity index is 430. The topological polar surface area (TPSA) is 44.5 Å². The van der Waals surface area contributed by atoms with Crippen LogP contribution in [0.25, 0.3) is 0 Å². The van der Waals surface area contributed by atoms with Crippen LogP contribution in [-0.2, 0) is 6.42 Å². The van der Waals surface area contributed by atoms with Gasteiger partial charge >= 0.3 is 0 Å². The third kappa shape index (κ3) is 4.68. The smallest absolute Gasteiger partial charge is 0.162 e. The maximum Gasteiger partial charge on any atom is 0.162 e. The molecule has 1 atom stereocenters. The molecular formula is C15H21NO2. The molecule has 1 aromatic rings. The Morgan fingerprint density at radius 1 is 1.28 bits per heavy atom. The van der Waals surface area contributed by atoms with Crippen molar-refractivity contribution < 1.29 is 9.47 Å². The molecule has 2 N–H and O–H groups in total. The van der Waals surface area contributed by atoms with Gasteiger partial charge in [0.25, 0.3) is 0 Å². The Balaban J connectivity index is 2.84. The minimum Gasteiger partial charge on any atom is -0.490 e. The quantitative estimate of drug-likeness (QED) is 0.785. The fourth-order valence-electron chi connectivity index (χ4n) is 1.62. The molecule has 0 amide bonds. The summed E-state index contributed by atoms with van der Waals surface area (Å²) in [6.45, 7) is 6.72. The average Bonchev–Trinajstić information content (AvgIpc) is 2.32. The Hall–Kier alpha value is -1.66. The maximum absolute atomic E-state index is 5.79. The summed E-state index contributed by atoms with van der Waals surface area (Å²) in [7, 11) is 0. The van der Waals surface area contributed by atoms with Crippen LogP contribution < -0.4 is 15.2 Å². The molecule has 1 rings (SSSR count). The molecule has 0 aliphatic rings. The van der Waals surface area contributed by atoms with E-state index in [1.54, 1.807) is 6.92 Å². The van der Waals surface area contributed by atoms with Crippen LogP contribution in [0.3, 0.4) is 0 Å². The maximum atomic E-state index is 5.79. The van der Waals surface area contributed by atoms with E-state index in [1.165, 1.54) is 0 Å². The second-order valence-electron chi connectivity index (χ2n) is 4.11. The fourth-order valence-corrected chi connectivity index (χ4v) is 1.62. The van der Waals surface area contributed by atoms with E-state index >= 15 is 0 Å². The molecule has 1 aromatic carbocycles. The molecule has 0 aliphatic carbocycles. The van der Waals surface area contributed by atoms with Gasteiger partial charge in [0, 0.05) is 6.04 Å². The van der Waals surface area contributed by atoms with Crippen LogP contribution in [0.5, 0.6) is 11.5 Å². The number of ether oxygens (including phenoxy) is 2. The van der Waals surface area contributed by atoms with E-state index < -0.39 is 0 Å². The summed E-state index contributed by atoms with van der Waals surface area (Å²) in [5.41, 5.74) is 6.95. The van der Waals surface area contributed by atoms with E-state index in [9.17, 15) is 0 Å². The van der Waals surface area contributed by atoms with Crippen LogP contribution in [0.1, 0.15) is 26.3 Å². The third-order valence-corrected chi connectivity index (χ3v) is 2.34. The van der Waals surface area contributed by atoms with Crippen LogP contribution in [0.4, 0.5) is 0 Å². The first-order valence-electron chi connectivity index (χ1n) is 6.21. The van der Waals surface area contributed by atoms with E-state index in [0.717, 1.165) is 23.5 Å². The summed E-state index contributed by atoms with van der Waals surface area (Å²) in [6.07, 6.45) is 0.828. The monoisotopic (exact) mass is 247 g/mol. The average molecular weight is 247 g/mol. The van der Waals surface area contributed by atoms with Gasteiger partial charge in [-0.25, -0.2) is 0 Å². The van der Waals surface area contributed by atoms with Gasteiger partial charge in [-0.3, -0.25) is 0 Å². The van der Waals surface area contributed by atoms with Gasteiger partial charge in [-0.2, -0.15) is 0 Å². The lowest BCUT2D eigenvalue weighted by atomic mass is 10.1.